The number of benzene rings is 8. The van der Waals surface area contributed by atoms with Gasteiger partial charge in [-0.3, -0.25) is 0 Å². The highest BCUT2D eigenvalue weighted by atomic mass is 14.9. The van der Waals surface area contributed by atoms with E-state index in [0.29, 0.717) is 5.82 Å². The number of hydrogen-bond acceptors (Lipinski definition) is 3. The van der Waals surface area contributed by atoms with Gasteiger partial charge in [-0.2, -0.15) is 0 Å². The van der Waals surface area contributed by atoms with Crippen LogP contribution in [0.3, 0.4) is 0 Å². The lowest BCUT2D eigenvalue weighted by Gasteiger charge is -2.14. The largest absolute Gasteiger partial charge is 0.248 e. The van der Waals surface area contributed by atoms with Gasteiger partial charge in [-0.05, 0) is 74.5 Å². The Morgan fingerprint density at radius 2 is 0.732 bits per heavy atom. The van der Waals surface area contributed by atoms with Crippen LogP contribution in [0.2, 0.25) is 0 Å². The molecule has 2 heterocycles. The average Bonchev–Trinajstić information content (AvgIpc) is 3.29. The van der Waals surface area contributed by atoms with Crippen LogP contribution < -0.4 is 0 Å². The third-order valence-electron chi connectivity index (χ3n) is 10.5. The molecule has 2 aromatic heterocycles. The number of aromatic nitrogens is 3. The second kappa shape index (κ2) is 14.4. The molecule has 0 atom stereocenters. The number of pyridine rings is 1. The third-order valence-corrected chi connectivity index (χ3v) is 10.5. The predicted molar refractivity (Wildman–Crippen MR) is 233 cm³/mol. The lowest BCUT2D eigenvalue weighted by atomic mass is 9.92. The van der Waals surface area contributed by atoms with Crippen LogP contribution in [-0.2, 0) is 0 Å². The van der Waals surface area contributed by atoms with Gasteiger partial charge in [0.1, 0.15) is 0 Å². The van der Waals surface area contributed by atoms with E-state index >= 15 is 0 Å². The molecule has 0 unspecified atom stereocenters. The average molecular weight is 714 g/mol. The maximum absolute atomic E-state index is 5.16. The van der Waals surface area contributed by atoms with Crippen LogP contribution in [0.15, 0.2) is 212 Å². The van der Waals surface area contributed by atoms with Crippen molar-refractivity contribution in [3.63, 3.8) is 0 Å². The third kappa shape index (κ3) is 6.42. The summed E-state index contributed by atoms with van der Waals surface area (Å²) in [5.74, 6) is 0.705. The molecule has 0 saturated carbocycles. The molecule has 0 N–H and O–H groups in total. The fourth-order valence-electron chi connectivity index (χ4n) is 7.63. The first-order chi connectivity index (χ1) is 27.7. The van der Waals surface area contributed by atoms with E-state index < -0.39 is 0 Å². The zero-order chi connectivity index (χ0) is 37.3. The highest BCUT2D eigenvalue weighted by Crippen LogP contribution is 2.38. The molecule has 0 aliphatic heterocycles. The molecule has 0 spiro atoms. The van der Waals surface area contributed by atoms with Crippen LogP contribution in [-0.4, -0.2) is 15.0 Å². The number of hydrogen-bond donors (Lipinski definition) is 0. The number of nitrogens with zero attached hydrogens (tertiary/aromatic N) is 3. The maximum atomic E-state index is 5.16. The second-order valence-electron chi connectivity index (χ2n) is 14.0. The fraction of sp³-hybridized carbons (Fsp3) is 0. The summed E-state index contributed by atoms with van der Waals surface area (Å²) in [5, 5.41) is 3.55. The van der Waals surface area contributed by atoms with Crippen molar-refractivity contribution in [2.75, 3.05) is 0 Å². The first-order valence-corrected chi connectivity index (χ1v) is 18.9. The minimum absolute atomic E-state index is 0.705. The molecule has 0 saturated heterocycles. The van der Waals surface area contributed by atoms with E-state index in [1.165, 1.54) is 38.4 Å². The molecule has 0 bridgehead atoms. The summed E-state index contributed by atoms with van der Waals surface area (Å²) in [7, 11) is 0. The van der Waals surface area contributed by atoms with E-state index in [-0.39, 0.29) is 0 Å². The summed E-state index contributed by atoms with van der Waals surface area (Å²) < 4.78 is 0. The van der Waals surface area contributed by atoms with Gasteiger partial charge < -0.3 is 0 Å². The van der Waals surface area contributed by atoms with E-state index in [1.807, 2.05) is 42.5 Å². The van der Waals surface area contributed by atoms with E-state index in [0.717, 1.165) is 56.0 Å². The molecule has 0 radical (unpaired) electrons. The Kier molecular flexibility index (Phi) is 8.51. The normalized spacial score (nSPS) is 11.2. The van der Waals surface area contributed by atoms with Gasteiger partial charge in [0.05, 0.1) is 22.6 Å². The lowest BCUT2D eigenvalue weighted by Crippen LogP contribution is -1.95. The zero-order valence-electron chi connectivity index (χ0n) is 30.5. The smallest absolute Gasteiger partial charge is 0.160 e. The van der Waals surface area contributed by atoms with E-state index in [4.69, 9.17) is 15.0 Å². The Balaban J connectivity index is 1.00. The molecule has 0 amide bonds. The summed E-state index contributed by atoms with van der Waals surface area (Å²) >= 11 is 0. The van der Waals surface area contributed by atoms with Crippen LogP contribution in [0.4, 0.5) is 0 Å². The highest BCUT2D eigenvalue weighted by molar-refractivity contribution is 6.14. The quantitative estimate of drug-likeness (QED) is 0.154. The predicted octanol–water partition coefficient (Wildman–Crippen LogP) is 13.8. The fourth-order valence-corrected chi connectivity index (χ4v) is 7.63. The molecular formula is C53H35N3. The Morgan fingerprint density at radius 3 is 1.32 bits per heavy atom. The molecule has 10 aromatic rings. The van der Waals surface area contributed by atoms with Gasteiger partial charge in [-0.1, -0.05) is 182 Å². The number of fused-ring (bicyclic) bond motifs is 3. The summed E-state index contributed by atoms with van der Waals surface area (Å²) in [6.07, 6.45) is 0. The van der Waals surface area contributed by atoms with Gasteiger partial charge in [-0.15, -0.1) is 0 Å². The topological polar surface area (TPSA) is 38.7 Å². The lowest BCUT2D eigenvalue weighted by molar-refractivity contribution is 1.18. The van der Waals surface area contributed by atoms with Crippen LogP contribution in [0.25, 0.3) is 100 Å². The summed E-state index contributed by atoms with van der Waals surface area (Å²) in [6, 6.07) is 74.6. The van der Waals surface area contributed by atoms with Crippen molar-refractivity contribution < 1.29 is 0 Å². The minimum Gasteiger partial charge on any atom is -0.248 e. The summed E-state index contributed by atoms with van der Waals surface area (Å²) in [5.41, 5.74) is 15.0. The van der Waals surface area contributed by atoms with Crippen LogP contribution in [0.1, 0.15) is 0 Å². The maximum Gasteiger partial charge on any atom is 0.160 e. The molecule has 3 heteroatoms. The standard InChI is InChI=1S/C53H35N3/c1-5-14-37(15-6-1)47-34-49(38-16-7-2-8-17-38)54-48-31-29-45-33-44(28-30-46(45)52(47)48)43-23-13-22-42(32-43)36-24-26-41(27-25-36)53-55-50(39-18-9-3-10-19-39)35-51(56-53)40-20-11-4-12-21-40/h1-35H. The Hall–Kier alpha value is -7.49. The van der Waals surface area contributed by atoms with Crippen LogP contribution in [0.5, 0.6) is 0 Å². The van der Waals surface area contributed by atoms with E-state index in [2.05, 4.69) is 170 Å². The van der Waals surface area contributed by atoms with Crippen molar-refractivity contribution in [3.05, 3.63) is 212 Å². The van der Waals surface area contributed by atoms with Gasteiger partial charge in [0.25, 0.3) is 0 Å². The first kappa shape index (κ1) is 33.1. The summed E-state index contributed by atoms with van der Waals surface area (Å²) in [6.45, 7) is 0. The van der Waals surface area contributed by atoms with Crippen molar-refractivity contribution >= 4 is 21.7 Å². The highest BCUT2D eigenvalue weighted by Gasteiger charge is 2.15. The first-order valence-electron chi connectivity index (χ1n) is 18.9. The molecule has 262 valence electrons. The van der Waals surface area contributed by atoms with Crippen molar-refractivity contribution in [3.8, 4) is 78.5 Å². The Labute approximate surface area is 326 Å². The van der Waals surface area contributed by atoms with Gasteiger partial charge in [0.2, 0.25) is 0 Å². The Morgan fingerprint density at radius 1 is 0.268 bits per heavy atom. The summed E-state index contributed by atoms with van der Waals surface area (Å²) in [4.78, 5) is 15.2. The van der Waals surface area contributed by atoms with Crippen molar-refractivity contribution in [1.82, 2.24) is 15.0 Å². The van der Waals surface area contributed by atoms with Crippen LogP contribution in [0, 0.1) is 0 Å². The van der Waals surface area contributed by atoms with Crippen molar-refractivity contribution in [2.24, 2.45) is 0 Å². The monoisotopic (exact) mass is 713 g/mol. The van der Waals surface area contributed by atoms with Crippen molar-refractivity contribution in [1.29, 1.82) is 0 Å². The second-order valence-corrected chi connectivity index (χ2v) is 14.0. The van der Waals surface area contributed by atoms with Crippen molar-refractivity contribution in [2.45, 2.75) is 0 Å². The van der Waals surface area contributed by atoms with Gasteiger partial charge in [-0.25, -0.2) is 15.0 Å². The van der Waals surface area contributed by atoms with Crippen LogP contribution >= 0.6 is 0 Å². The molecule has 0 aliphatic rings. The molecule has 10 rings (SSSR count). The van der Waals surface area contributed by atoms with E-state index in [1.54, 1.807) is 0 Å². The molecule has 3 nitrogen and oxygen atoms in total. The zero-order valence-corrected chi connectivity index (χ0v) is 30.5. The van der Waals surface area contributed by atoms with Gasteiger partial charge in [0, 0.05) is 27.6 Å². The molecule has 0 fully saturated rings. The van der Waals surface area contributed by atoms with Gasteiger partial charge in [0.15, 0.2) is 5.82 Å². The SMILES string of the molecule is c1ccc(-c2cc(-c3ccccc3)nc(-c3ccc(-c4cccc(-c5ccc6c(ccc7nc(-c8ccccc8)cc(-c8ccccc8)c76)c5)c4)cc3)n2)cc1. The minimum atomic E-state index is 0.705. The number of rotatable bonds is 7. The van der Waals surface area contributed by atoms with E-state index in [9.17, 15) is 0 Å². The molecular weight excluding hydrogens is 679 g/mol. The molecule has 8 aromatic carbocycles. The van der Waals surface area contributed by atoms with Gasteiger partial charge >= 0.3 is 0 Å². The molecule has 0 aliphatic carbocycles. The molecule has 56 heavy (non-hydrogen) atoms. The Bertz CT molecular complexity index is 2920.